The Bertz CT molecular complexity index is 1880. The smallest absolute Gasteiger partial charge is 0.170 e. The Morgan fingerprint density at radius 2 is 0.854 bits per heavy atom. The third kappa shape index (κ3) is 3.34. The minimum absolute atomic E-state index is 0.627. The summed E-state index contributed by atoms with van der Waals surface area (Å²) in [5.41, 5.74) is 6.36. The molecule has 4 heteroatoms. The van der Waals surface area contributed by atoms with Gasteiger partial charge in [-0.25, -0.2) is 0 Å². The number of rotatable bonds is 2. The van der Waals surface area contributed by atoms with E-state index in [0.29, 0.717) is 46.0 Å². The molecule has 5 aromatic carbocycles. The Labute approximate surface area is 238 Å². The number of benzene rings is 5. The van der Waals surface area contributed by atoms with E-state index in [-0.39, 0.29) is 0 Å². The predicted octanol–water partition coefficient (Wildman–Crippen LogP) is 9.53. The van der Waals surface area contributed by atoms with E-state index in [2.05, 4.69) is 72.8 Å². The minimum atomic E-state index is -0.627. The molecule has 0 atom stereocenters. The highest BCUT2D eigenvalue weighted by Crippen LogP contribution is 2.58. The monoisotopic (exact) mass is 534 g/mol. The lowest BCUT2D eigenvalue weighted by atomic mass is 9.67. The van der Waals surface area contributed by atoms with Crippen LogP contribution in [0.4, 0.5) is 0 Å². The van der Waals surface area contributed by atoms with Crippen molar-refractivity contribution in [1.82, 2.24) is 0 Å². The fraction of sp³-hybridized carbons (Fsp3) is 0.0811. The summed E-state index contributed by atoms with van der Waals surface area (Å²) in [7, 11) is 0. The van der Waals surface area contributed by atoms with Crippen LogP contribution in [0.3, 0.4) is 0 Å². The third-order valence-corrected chi connectivity index (χ3v) is 8.20. The number of ether oxygens (including phenoxy) is 4. The molecule has 0 aromatic heterocycles. The molecular weight excluding hydrogens is 508 g/mol. The fourth-order valence-corrected chi connectivity index (χ4v) is 6.43. The quantitative estimate of drug-likeness (QED) is 0.221. The molecule has 0 fully saturated rings. The van der Waals surface area contributed by atoms with Crippen molar-refractivity contribution in [2.45, 2.75) is 19.3 Å². The van der Waals surface area contributed by atoms with E-state index in [4.69, 9.17) is 18.9 Å². The lowest BCUT2D eigenvalue weighted by Crippen LogP contribution is -2.29. The van der Waals surface area contributed by atoms with Gasteiger partial charge < -0.3 is 18.9 Å². The standard InChI is InChI=1S/C37H26O4/c1-3-29-30(4-2)39-35-21-23(17-19-33(35)38-29)37(27-13-7-5-11-25(27)26-12-6-8-14-28(26)37)24-18-20-34-36(22-24)41-32-16-10-9-15-31(32)40-34/h3-22H,1-2H3/b29-3+,30-4+. The van der Waals surface area contributed by atoms with E-state index in [1.54, 1.807) is 0 Å². The van der Waals surface area contributed by atoms with Crippen LogP contribution >= 0.6 is 0 Å². The van der Waals surface area contributed by atoms with E-state index in [0.717, 1.165) is 11.1 Å². The van der Waals surface area contributed by atoms with Gasteiger partial charge in [0.1, 0.15) is 0 Å². The van der Waals surface area contributed by atoms with Crippen molar-refractivity contribution in [1.29, 1.82) is 0 Å². The first-order chi connectivity index (χ1) is 20.2. The second kappa shape index (κ2) is 8.90. The molecule has 0 N–H and O–H groups in total. The highest BCUT2D eigenvalue weighted by atomic mass is 16.6. The summed E-state index contributed by atoms with van der Waals surface area (Å²) in [6.45, 7) is 3.90. The maximum atomic E-state index is 6.39. The SMILES string of the molecule is C/C=C1/Oc2ccc(C3(c4ccc5c(c4)Oc4ccccc4O5)c4ccccc4-c4ccccc43)cc2O/C1=C/C. The van der Waals surface area contributed by atoms with Gasteiger partial charge in [-0.15, -0.1) is 0 Å². The zero-order chi connectivity index (χ0) is 27.6. The molecule has 0 radical (unpaired) electrons. The molecule has 0 spiro atoms. The molecule has 0 amide bonds. The Morgan fingerprint density at radius 3 is 1.41 bits per heavy atom. The van der Waals surface area contributed by atoms with Crippen LogP contribution in [0.5, 0.6) is 34.5 Å². The van der Waals surface area contributed by atoms with Crippen LogP contribution in [0, 0.1) is 0 Å². The number of allylic oxidation sites excluding steroid dienone is 2. The number of hydrogen-bond acceptors (Lipinski definition) is 4. The molecule has 41 heavy (non-hydrogen) atoms. The van der Waals surface area contributed by atoms with Gasteiger partial charge in [-0.05, 0) is 95.8 Å². The van der Waals surface area contributed by atoms with E-state index in [1.807, 2.05) is 62.4 Å². The largest absolute Gasteiger partial charge is 0.450 e. The first-order valence-corrected chi connectivity index (χ1v) is 13.8. The number of fused-ring (bicyclic) bond motifs is 6. The minimum Gasteiger partial charge on any atom is -0.450 e. The lowest BCUT2D eigenvalue weighted by Gasteiger charge is -2.35. The van der Waals surface area contributed by atoms with Crippen molar-refractivity contribution in [2.75, 3.05) is 0 Å². The molecule has 8 rings (SSSR count). The van der Waals surface area contributed by atoms with Crippen molar-refractivity contribution < 1.29 is 18.9 Å². The molecule has 198 valence electrons. The number of para-hydroxylation sites is 2. The van der Waals surface area contributed by atoms with E-state index in [1.165, 1.54) is 22.3 Å². The van der Waals surface area contributed by atoms with Crippen molar-refractivity contribution in [3.8, 4) is 45.6 Å². The third-order valence-electron chi connectivity index (χ3n) is 8.20. The van der Waals surface area contributed by atoms with Crippen LogP contribution < -0.4 is 18.9 Å². The average molecular weight is 535 g/mol. The molecule has 0 unspecified atom stereocenters. The first kappa shape index (κ1) is 23.6. The van der Waals surface area contributed by atoms with Crippen LogP contribution in [-0.4, -0.2) is 0 Å². The van der Waals surface area contributed by atoms with Crippen LogP contribution in [-0.2, 0) is 5.41 Å². The van der Waals surface area contributed by atoms with E-state index < -0.39 is 5.41 Å². The maximum Gasteiger partial charge on any atom is 0.170 e. The summed E-state index contributed by atoms with van der Waals surface area (Å²) in [4.78, 5) is 0. The molecule has 2 aliphatic heterocycles. The van der Waals surface area contributed by atoms with Crippen molar-refractivity contribution in [2.24, 2.45) is 0 Å². The van der Waals surface area contributed by atoms with Crippen molar-refractivity contribution in [3.05, 3.63) is 155 Å². The van der Waals surface area contributed by atoms with Crippen LogP contribution in [0.15, 0.2) is 133 Å². The summed E-state index contributed by atoms with van der Waals surface area (Å²) in [6.07, 6.45) is 3.85. The molecule has 0 bridgehead atoms. The van der Waals surface area contributed by atoms with Crippen LogP contribution in [0.2, 0.25) is 0 Å². The topological polar surface area (TPSA) is 36.9 Å². The van der Waals surface area contributed by atoms with Crippen molar-refractivity contribution in [3.63, 3.8) is 0 Å². The summed E-state index contributed by atoms with van der Waals surface area (Å²) < 4.78 is 25.2. The fourth-order valence-electron chi connectivity index (χ4n) is 6.43. The molecule has 3 aliphatic rings. The second-order valence-corrected chi connectivity index (χ2v) is 10.3. The second-order valence-electron chi connectivity index (χ2n) is 10.3. The molecule has 5 aromatic rings. The van der Waals surface area contributed by atoms with Crippen molar-refractivity contribution >= 4 is 0 Å². The molecule has 2 heterocycles. The van der Waals surface area contributed by atoms with Gasteiger partial charge in [0, 0.05) is 0 Å². The number of hydrogen-bond donors (Lipinski definition) is 0. The Balaban J connectivity index is 1.39. The van der Waals surface area contributed by atoms with E-state index >= 15 is 0 Å². The highest BCUT2D eigenvalue weighted by molar-refractivity contribution is 5.86. The predicted molar refractivity (Wildman–Crippen MR) is 159 cm³/mol. The van der Waals surface area contributed by atoms with E-state index in [9.17, 15) is 0 Å². The molecular formula is C37H26O4. The Morgan fingerprint density at radius 1 is 0.439 bits per heavy atom. The average Bonchev–Trinajstić information content (AvgIpc) is 3.33. The zero-order valence-corrected chi connectivity index (χ0v) is 22.7. The Hall–Kier alpha value is -5.22. The van der Waals surface area contributed by atoms with Gasteiger partial charge in [0.05, 0.1) is 5.41 Å². The van der Waals surface area contributed by atoms with Gasteiger partial charge in [0.2, 0.25) is 0 Å². The van der Waals surface area contributed by atoms with Crippen LogP contribution in [0.25, 0.3) is 11.1 Å². The van der Waals surface area contributed by atoms with Gasteiger partial charge in [-0.3, -0.25) is 0 Å². The first-order valence-electron chi connectivity index (χ1n) is 13.8. The molecule has 0 saturated heterocycles. The molecule has 4 nitrogen and oxygen atoms in total. The summed E-state index contributed by atoms with van der Waals surface area (Å²) in [5, 5.41) is 0. The molecule has 1 aliphatic carbocycles. The van der Waals surface area contributed by atoms with Gasteiger partial charge in [0.25, 0.3) is 0 Å². The summed E-state index contributed by atoms with van der Waals surface area (Å²) >= 11 is 0. The zero-order valence-electron chi connectivity index (χ0n) is 22.7. The van der Waals surface area contributed by atoms with Gasteiger partial charge in [-0.1, -0.05) is 72.8 Å². The normalized spacial score (nSPS) is 17.1. The van der Waals surface area contributed by atoms with Crippen LogP contribution in [0.1, 0.15) is 36.1 Å². The molecule has 0 saturated carbocycles. The Kier molecular flexibility index (Phi) is 5.13. The van der Waals surface area contributed by atoms with Gasteiger partial charge in [0.15, 0.2) is 46.0 Å². The summed E-state index contributed by atoms with van der Waals surface area (Å²) in [5.74, 6) is 5.61. The highest BCUT2D eigenvalue weighted by Gasteiger charge is 2.47. The summed E-state index contributed by atoms with van der Waals surface area (Å²) in [6, 6.07) is 37.6. The lowest BCUT2D eigenvalue weighted by molar-refractivity contribution is 0.292. The van der Waals surface area contributed by atoms with Gasteiger partial charge in [-0.2, -0.15) is 0 Å². The van der Waals surface area contributed by atoms with Gasteiger partial charge >= 0.3 is 0 Å². The maximum absolute atomic E-state index is 6.39.